The Morgan fingerprint density at radius 2 is 1.81 bits per heavy atom. The highest BCUT2D eigenvalue weighted by atomic mass is 79.9. The Hall–Kier alpha value is -1.40. The van der Waals surface area contributed by atoms with E-state index in [2.05, 4.69) is 15.9 Å². The summed E-state index contributed by atoms with van der Waals surface area (Å²) in [6.45, 7) is 3.89. The van der Waals surface area contributed by atoms with Gasteiger partial charge in [0.2, 0.25) is 9.84 Å². The molecular formula is C20H26BrNO3S. The lowest BCUT2D eigenvalue weighted by atomic mass is 9.99. The van der Waals surface area contributed by atoms with Gasteiger partial charge in [0, 0.05) is 17.5 Å². The molecule has 1 heterocycles. The van der Waals surface area contributed by atoms with Gasteiger partial charge >= 0.3 is 5.03 Å². The third-order valence-electron chi connectivity index (χ3n) is 4.59. The molecule has 0 bridgehead atoms. The summed E-state index contributed by atoms with van der Waals surface area (Å²) < 4.78 is 27.1. The van der Waals surface area contributed by atoms with Crippen LogP contribution in [0.5, 0.6) is 0 Å². The Morgan fingerprint density at radius 3 is 2.50 bits per heavy atom. The zero-order valence-corrected chi connectivity index (χ0v) is 17.7. The summed E-state index contributed by atoms with van der Waals surface area (Å²) >= 11 is 3.42. The summed E-state index contributed by atoms with van der Waals surface area (Å²) in [7, 11) is -3.78. The van der Waals surface area contributed by atoms with Crippen LogP contribution in [0.4, 0.5) is 0 Å². The molecule has 0 amide bonds. The lowest BCUT2D eigenvalue weighted by Gasteiger charge is -2.20. The van der Waals surface area contributed by atoms with Gasteiger partial charge in [0.05, 0.1) is 5.25 Å². The second-order valence-corrected chi connectivity index (χ2v) is 9.52. The molecule has 142 valence electrons. The predicted molar refractivity (Wildman–Crippen MR) is 108 cm³/mol. The van der Waals surface area contributed by atoms with Crippen LogP contribution < -0.4 is 4.73 Å². The number of unbranched alkanes of at least 4 members (excludes halogenated alkanes) is 3. The quantitative estimate of drug-likeness (QED) is 0.244. The average molecular weight is 440 g/mol. The van der Waals surface area contributed by atoms with Crippen LogP contribution >= 0.6 is 15.9 Å². The molecule has 0 aliphatic carbocycles. The highest BCUT2D eigenvalue weighted by Crippen LogP contribution is 2.34. The topological polar surface area (TPSA) is 61.1 Å². The molecule has 0 saturated carbocycles. The van der Waals surface area contributed by atoms with Gasteiger partial charge in [-0.15, -0.1) is 0 Å². The Balaban J connectivity index is 2.40. The SMILES string of the molecule is Cc1ccc(C)c(C(CCCCCCBr)S(=O)(=O)c2cccc[n+]2[O-])c1. The van der Waals surface area contributed by atoms with Gasteiger partial charge in [-0.1, -0.05) is 59.0 Å². The molecule has 0 spiro atoms. The maximum Gasteiger partial charge on any atom is 0.309 e. The highest BCUT2D eigenvalue weighted by Gasteiger charge is 2.35. The molecule has 1 aromatic heterocycles. The molecule has 26 heavy (non-hydrogen) atoms. The van der Waals surface area contributed by atoms with Crippen molar-refractivity contribution in [2.45, 2.75) is 56.2 Å². The van der Waals surface area contributed by atoms with Gasteiger partial charge in [0.25, 0.3) is 0 Å². The molecule has 0 radical (unpaired) electrons. The molecule has 2 rings (SSSR count). The van der Waals surface area contributed by atoms with E-state index in [1.54, 1.807) is 12.1 Å². The number of alkyl halides is 1. The predicted octanol–water partition coefficient (Wildman–Crippen LogP) is 4.80. The van der Waals surface area contributed by atoms with E-state index in [-0.39, 0.29) is 5.03 Å². The van der Waals surface area contributed by atoms with Crippen LogP contribution in [0.25, 0.3) is 0 Å². The van der Waals surface area contributed by atoms with Crippen LogP contribution in [0.3, 0.4) is 0 Å². The van der Waals surface area contributed by atoms with Gasteiger partial charge in [0.1, 0.15) is 0 Å². The summed E-state index contributed by atoms with van der Waals surface area (Å²) in [6, 6.07) is 10.4. The summed E-state index contributed by atoms with van der Waals surface area (Å²) in [5.74, 6) is 0. The van der Waals surface area contributed by atoms with Gasteiger partial charge in [-0.3, -0.25) is 0 Å². The van der Waals surface area contributed by atoms with E-state index in [4.69, 9.17) is 0 Å². The van der Waals surface area contributed by atoms with Crippen LogP contribution in [0.1, 0.15) is 54.0 Å². The molecule has 4 nitrogen and oxygen atoms in total. The number of benzene rings is 1. The zero-order chi connectivity index (χ0) is 19.2. The number of rotatable bonds is 9. The molecule has 1 unspecified atom stereocenters. The van der Waals surface area contributed by atoms with Crippen LogP contribution in [0.2, 0.25) is 0 Å². The van der Waals surface area contributed by atoms with E-state index in [9.17, 15) is 13.6 Å². The number of nitrogens with zero attached hydrogens (tertiary/aromatic N) is 1. The highest BCUT2D eigenvalue weighted by molar-refractivity contribution is 9.09. The standard InChI is InChI=1S/C20H26BrNO3S/c1-16-11-12-17(2)18(15-16)19(9-5-3-4-7-13-21)26(24,25)20-10-6-8-14-22(20)23/h6,8,10-12,14-15,19H,3-5,7,9,13H2,1-2H3. The van der Waals surface area contributed by atoms with Crippen LogP contribution in [-0.4, -0.2) is 13.7 Å². The number of halogens is 1. The van der Waals surface area contributed by atoms with E-state index >= 15 is 0 Å². The summed E-state index contributed by atoms with van der Waals surface area (Å²) in [6.07, 6.45) is 5.70. The Morgan fingerprint density at radius 1 is 1.08 bits per heavy atom. The van der Waals surface area contributed by atoms with Crippen molar-refractivity contribution in [1.29, 1.82) is 0 Å². The smallest absolute Gasteiger partial charge is 0.309 e. The van der Waals surface area contributed by atoms with E-state index in [0.717, 1.165) is 47.7 Å². The molecule has 0 N–H and O–H groups in total. The minimum Gasteiger partial charge on any atom is -0.618 e. The molecule has 1 atom stereocenters. The molecule has 2 aromatic rings. The van der Waals surface area contributed by atoms with Crippen LogP contribution in [0.15, 0.2) is 47.6 Å². The van der Waals surface area contributed by atoms with Gasteiger partial charge < -0.3 is 5.21 Å². The molecule has 0 aliphatic rings. The maximum absolute atomic E-state index is 13.3. The monoisotopic (exact) mass is 439 g/mol. The van der Waals surface area contributed by atoms with Crippen molar-refractivity contribution in [2.75, 3.05) is 5.33 Å². The van der Waals surface area contributed by atoms with Gasteiger partial charge in [-0.05, 0) is 43.9 Å². The first-order valence-electron chi connectivity index (χ1n) is 8.93. The van der Waals surface area contributed by atoms with Crippen molar-refractivity contribution in [3.05, 3.63) is 64.5 Å². The van der Waals surface area contributed by atoms with Crippen molar-refractivity contribution in [1.82, 2.24) is 0 Å². The molecular weight excluding hydrogens is 414 g/mol. The third-order valence-corrected chi connectivity index (χ3v) is 7.28. The first-order chi connectivity index (χ1) is 12.4. The fraction of sp³-hybridized carbons (Fsp3) is 0.450. The minimum absolute atomic E-state index is 0.175. The second-order valence-electron chi connectivity index (χ2n) is 6.65. The third kappa shape index (κ3) is 5.07. The average Bonchev–Trinajstić information content (AvgIpc) is 2.60. The number of hydrogen-bond donors (Lipinski definition) is 0. The first kappa shape index (κ1) is 20.9. The largest absolute Gasteiger partial charge is 0.618 e. The second kappa shape index (κ2) is 9.51. The first-order valence-corrected chi connectivity index (χ1v) is 11.6. The van der Waals surface area contributed by atoms with Gasteiger partial charge in [0.15, 0.2) is 6.20 Å². The van der Waals surface area contributed by atoms with Crippen molar-refractivity contribution < 1.29 is 13.1 Å². The lowest BCUT2D eigenvalue weighted by molar-refractivity contribution is -0.646. The van der Waals surface area contributed by atoms with E-state index in [1.165, 1.54) is 12.3 Å². The molecule has 0 aliphatic heterocycles. The number of pyridine rings is 1. The number of hydrogen-bond acceptors (Lipinski definition) is 3. The lowest BCUT2D eigenvalue weighted by Crippen LogP contribution is -2.35. The number of aromatic nitrogens is 1. The summed E-state index contributed by atoms with van der Waals surface area (Å²) in [5, 5.41) is 12.2. The number of sulfone groups is 1. The Labute approximate surface area is 164 Å². The van der Waals surface area contributed by atoms with E-state index in [0.29, 0.717) is 11.2 Å². The van der Waals surface area contributed by atoms with Crippen molar-refractivity contribution in [3.63, 3.8) is 0 Å². The Kier molecular flexibility index (Phi) is 7.65. The van der Waals surface area contributed by atoms with Crippen LogP contribution in [-0.2, 0) is 9.84 Å². The molecule has 0 fully saturated rings. The van der Waals surface area contributed by atoms with E-state index in [1.807, 2.05) is 32.0 Å². The van der Waals surface area contributed by atoms with Gasteiger partial charge in [-0.2, -0.15) is 4.73 Å². The normalized spacial score (nSPS) is 12.9. The minimum atomic E-state index is -3.78. The number of aryl methyl sites for hydroxylation is 2. The van der Waals surface area contributed by atoms with E-state index < -0.39 is 15.1 Å². The maximum atomic E-state index is 13.3. The van der Waals surface area contributed by atoms with Gasteiger partial charge in [-0.25, -0.2) is 8.42 Å². The van der Waals surface area contributed by atoms with Crippen molar-refractivity contribution in [2.24, 2.45) is 0 Å². The summed E-state index contributed by atoms with van der Waals surface area (Å²) in [5.41, 5.74) is 2.76. The fourth-order valence-electron chi connectivity index (χ4n) is 3.14. The molecule has 1 aromatic carbocycles. The van der Waals surface area contributed by atoms with Crippen molar-refractivity contribution >= 4 is 25.8 Å². The fourth-order valence-corrected chi connectivity index (χ4v) is 5.47. The molecule has 0 saturated heterocycles. The zero-order valence-electron chi connectivity index (χ0n) is 15.3. The van der Waals surface area contributed by atoms with Crippen LogP contribution in [0, 0.1) is 19.1 Å². The Bertz CT molecular complexity index is 837. The molecule has 6 heteroatoms. The van der Waals surface area contributed by atoms with Crippen molar-refractivity contribution in [3.8, 4) is 0 Å². The summed E-state index contributed by atoms with van der Waals surface area (Å²) in [4.78, 5) is 0.